The van der Waals surface area contributed by atoms with Crippen LogP contribution in [0.1, 0.15) is 17.3 Å². The molecule has 1 heterocycles. The molecule has 22 heavy (non-hydrogen) atoms. The number of carbonyl (C=O) groups excluding carboxylic acids is 2. The molecule has 120 valence electrons. The van der Waals surface area contributed by atoms with Gasteiger partial charge in [0.2, 0.25) is 0 Å². The minimum Gasteiger partial charge on any atom is -0.493 e. The van der Waals surface area contributed by atoms with Gasteiger partial charge < -0.3 is 25.4 Å². The topological polar surface area (TPSA) is 93.9 Å². The Morgan fingerprint density at radius 1 is 1.41 bits per heavy atom. The number of hydrogen-bond donors (Lipinski definition) is 2. The summed E-state index contributed by atoms with van der Waals surface area (Å²) in [5.41, 5.74) is 5.58. The first-order valence-corrected chi connectivity index (χ1v) is 7.13. The van der Waals surface area contributed by atoms with Gasteiger partial charge in [-0.05, 0) is 25.1 Å². The van der Waals surface area contributed by atoms with Crippen LogP contribution in [0.25, 0.3) is 0 Å². The minimum atomic E-state index is -0.572. The fourth-order valence-electron chi connectivity index (χ4n) is 2.38. The molecule has 3 N–H and O–H groups in total. The van der Waals surface area contributed by atoms with E-state index >= 15 is 0 Å². The number of nitrogens with zero attached hydrogens (tertiary/aromatic N) is 1. The van der Waals surface area contributed by atoms with Gasteiger partial charge in [0.1, 0.15) is 0 Å². The molecular formula is C15H21N3O4. The van der Waals surface area contributed by atoms with Gasteiger partial charge >= 0.3 is 0 Å². The molecule has 0 unspecified atom stereocenters. The van der Waals surface area contributed by atoms with Crippen LogP contribution in [0.2, 0.25) is 0 Å². The van der Waals surface area contributed by atoms with Crippen LogP contribution in [0.15, 0.2) is 18.2 Å². The summed E-state index contributed by atoms with van der Waals surface area (Å²) in [6.45, 7) is 4.00. The first kappa shape index (κ1) is 16.1. The number of methoxy groups -OCH3 is 1. The Morgan fingerprint density at radius 3 is 2.82 bits per heavy atom. The molecule has 1 aromatic rings. The van der Waals surface area contributed by atoms with Gasteiger partial charge in [0.15, 0.2) is 18.1 Å². The van der Waals surface area contributed by atoms with E-state index in [1.165, 1.54) is 7.11 Å². The van der Waals surface area contributed by atoms with Crippen molar-refractivity contribution < 1.29 is 19.1 Å². The highest BCUT2D eigenvalue weighted by Gasteiger charge is 2.24. The molecule has 0 aliphatic carbocycles. The molecular weight excluding hydrogens is 286 g/mol. The predicted molar refractivity (Wildman–Crippen MR) is 81.1 cm³/mol. The summed E-state index contributed by atoms with van der Waals surface area (Å²) in [5.74, 6) is 0.159. The van der Waals surface area contributed by atoms with Crippen LogP contribution in [0.4, 0.5) is 0 Å². The largest absolute Gasteiger partial charge is 0.493 e. The quantitative estimate of drug-likeness (QED) is 0.798. The van der Waals surface area contributed by atoms with Crippen LogP contribution in [-0.4, -0.2) is 56.1 Å². The molecule has 0 radical (unpaired) electrons. The third kappa shape index (κ3) is 3.67. The number of piperazine rings is 1. The zero-order valence-corrected chi connectivity index (χ0v) is 12.8. The van der Waals surface area contributed by atoms with Crippen molar-refractivity contribution in [3.8, 4) is 11.5 Å². The minimum absolute atomic E-state index is 0.0475. The maximum atomic E-state index is 12.6. The highest BCUT2D eigenvalue weighted by atomic mass is 16.5. The summed E-state index contributed by atoms with van der Waals surface area (Å²) in [6, 6.07) is 5.03. The average Bonchev–Trinajstić information content (AvgIpc) is 2.52. The van der Waals surface area contributed by atoms with E-state index in [4.69, 9.17) is 15.2 Å². The summed E-state index contributed by atoms with van der Waals surface area (Å²) in [6.07, 6.45) is 0. The van der Waals surface area contributed by atoms with Gasteiger partial charge in [-0.1, -0.05) is 0 Å². The Hall–Kier alpha value is -2.28. The van der Waals surface area contributed by atoms with E-state index in [2.05, 4.69) is 5.32 Å². The maximum Gasteiger partial charge on any atom is 0.255 e. The van der Waals surface area contributed by atoms with E-state index in [-0.39, 0.29) is 18.6 Å². The highest BCUT2D eigenvalue weighted by Crippen LogP contribution is 2.28. The number of carbonyl (C=O) groups is 2. The lowest BCUT2D eigenvalue weighted by Gasteiger charge is -2.34. The Labute approximate surface area is 129 Å². The van der Waals surface area contributed by atoms with Crippen molar-refractivity contribution in [1.82, 2.24) is 10.2 Å². The van der Waals surface area contributed by atoms with E-state index in [0.717, 1.165) is 13.1 Å². The van der Waals surface area contributed by atoms with E-state index in [9.17, 15) is 9.59 Å². The molecule has 0 bridgehead atoms. The van der Waals surface area contributed by atoms with Gasteiger partial charge in [-0.3, -0.25) is 9.59 Å². The summed E-state index contributed by atoms with van der Waals surface area (Å²) in [7, 11) is 1.48. The number of nitrogens with one attached hydrogen (secondary N) is 1. The van der Waals surface area contributed by atoms with E-state index < -0.39 is 5.91 Å². The summed E-state index contributed by atoms with van der Waals surface area (Å²) < 4.78 is 10.5. The molecule has 1 fully saturated rings. The molecule has 1 atom stereocenters. The molecule has 0 saturated carbocycles. The lowest BCUT2D eigenvalue weighted by molar-refractivity contribution is -0.119. The van der Waals surface area contributed by atoms with Crippen LogP contribution in [0.5, 0.6) is 11.5 Å². The third-order valence-corrected chi connectivity index (χ3v) is 3.54. The zero-order valence-electron chi connectivity index (χ0n) is 12.8. The average molecular weight is 307 g/mol. The van der Waals surface area contributed by atoms with Gasteiger partial charge in [0.25, 0.3) is 11.8 Å². The van der Waals surface area contributed by atoms with Gasteiger partial charge in [-0.25, -0.2) is 0 Å². The van der Waals surface area contributed by atoms with Crippen LogP contribution in [-0.2, 0) is 4.79 Å². The molecule has 7 heteroatoms. The van der Waals surface area contributed by atoms with E-state index in [1.54, 1.807) is 18.2 Å². The molecule has 7 nitrogen and oxygen atoms in total. The number of benzene rings is 1. The Bertz CT molecular complexity index is 562. The van der Waals surface area contributed by atoms with Gasteiger partial charge in [0.05, 0.1) is 7.11 Å². The molecule has 0 aromatic heterocycles. The number of nitrogens with two attached hydrogens (primary N) is 1. The second-order valence-electron chi connectivity index (χ2n) is 5.17. The Balaban J connectivity index is 2.17. The van der Waals surface area contributed by atoms with E-state index in [1.807, 2.05) is 11.8 Å². The second-order valence-corrected chi connectivity index (χ2v) is 5.17. The molecule has 1 aliphatic rings. The van der Waals surface area contributed by atoms with Crippen molar-refractivity contribution in [3.63, 3.8) is 0 Å². The molecule has 0 spiro atoms. The lowest BCUT2D eigenvalue weighted by Crippen LogP contribution is -2.52. The number of rotatable bonds is 5. The second kappa shape index (κ2) is 7.13. The standard InChI is InChI=1S/C15H21N3O4/c1-10-8-17-5-6-18(10)15(20)11-3-4-12(13(7-11)21-2)22-9-14(16)19/h3-4,7,10,17H,5-6,8-9H2,1-2H3,(H2,16,19)/t10-/m0/s1. The van der Waals surface area contributed by atoms with Crippen molar-refractivity contribution in [2.45, 2.75) is 13.0 Å². The molecule has 2 amide bonds. The fourth-order valence-corrected chi connectivity index (χ4v) is 2.38. The van der Waals surface area contributed by atoms with Crippen molar-refractivity contribution in [2.75, 3.05) is 33.4 Å². The van der Waals surface area contributed by atoms with Gasteiger partial charge in [0, 0.05) is 31.2 Å². The molecule has 1 saturated heterocycles. The normalized spacial score (nSPS) is 17.9. The van der Waals surface area contributed by atoms with Crippen molar-refractivity contribution in [1.29, 1.82) is 0 Å². The number of amides is 2. The summed E-state index contributed by atoms with van der Waals surface area (Å²) in [5, 5.41) is 3.25. The van der Waals surface area contributed by atoms with Crippen LogP contribution < -0.4 is 20.5 Å². The van der Waals surface area contributed by atoms with Crippen LogP contribution in [0.3, 0.4) is 0 Å². The van der Waals surface area contributed by atoms with Crippen LogP contribution in [0, 0.1) is 0 Å². The SMILES string of the molecule is COc1cc(C(=O)N2CCNC[C@@H]2C)ccc1OCC(N)=O. The molecule has 2 rings (SSSR count). The fraction of sp³-hybridized carbons (Fsp3) is 0.467. The van der Waals surface area contributed by atoms with Crippen molar-refractivity contribution >= 4 is 11.8 Å². The van der Waals surface area contributed by atoms with Crippen LogP contribution >= 0.6 is 0 Å². The monoisotopic (exact) mass is 307 g/mol. The smallest absolute Gasteiger partial charge is 0.255 e. The summed E-state index contributed by atoms with van der Waals surface area (Å²) in [4.78, 5) is 25.2. The number of ether oxygens (including phenoxy) is 2. The van der Waals surface area contributed by atoms with E-state index in [0.29, 0.717) is 23.6 Å². The van der Waals surface area contributed by atoms with Gasteiger partial charge in [-0.15, -0.1) is 0 Å². The first-order valence-electron chi connectivity index (χ1n) is 7.13. The zero-order chi connectivity index (χ0) is 16.1. The Kier molecular flexibility index (Phi) is 5.21. The number of hydrogen-bond acceptors (Lipinski definition) is 5. The molecule has 1 aliphatic heterocycles. The third-order valence-electron chi connectivity index (χ3n) is 3.54. The van der Waals surface area contributed by atoms with Crippen molar-refractivity contribution in [3.05, 3.63) is 23.8 Å². The first-order chi connectivity index (χ1) is 10.5. The Morgan fingerprint density at radius 2 is 2.18 bits per heavy atom. The number of primary amides is 1. The lowest BCUT2D eigenvalue weighted by atomic mass is 10.1. The molecule has 1 aromatic carbocycles. The highest BCUT2D eigenvalue weighted by molar-refractivity contribution is 5.95. The maximum absolute atomic E-state index is 12.6. The van der Waals surface area contributed by atoms with Crippen molar-refractivity contribution in [2.24, 2.45) is 5.73 Å². The summed E-state index contributed by atoms with van der Waals surface area (Å²) >= 11 is 0. The van der Waals surface area contributed by atoms with Gasteiger partial charge in [-0.2, -0.15) is 0 Å². The predicted octanol–water partition coefficient (Wildman–Crippen LogP) is -0.00680.